The summed E-state index contributed by atoms with van der Waals surface area (Å²) in [4.78, 5) is 0. The van der Waals surface area contributed by atoms with Crippen molar-refractivity contribution < 1.29 is 14.6 Å². The van der Waals surface area contributed by atoms with Crippen molar-refractivity contribution >= 4 is 15.9 Å². The van der Waals surface area contributed by atoms with Gasteiger partial charge in [0.25, 0.3) is 0 Å². The van der Waals surface area contributed by atoms with Gasteiger partial charge in [-0.05, 0) is 17.7 Å². The van der Waals surface area contributed by atoms with E-state index in [9.17, 15) is 0 Å². The number of hydrogen-bond donors (Lipinski definition) is 1. The predicted octanol–water partition coefficient (Wildman–Crippen LogP) is 1.73. The number of aliphatic hydroxyl groups is 1. The lowest BCUT2D eigenvalue weighted by Crippen LogP contribution is -2.17. The minimum absolute atomic E-state index is 0.0228. The monoisotopic (exact) mass is 272 g/mol. The van der Waals surface area contributed by atoms with Crippen molar-refractivity contribution in [3.05, 3.63) is 34.3 Å². The van der Waals surface area contributed by atoms with Crippen LogP contribution in [0.15, 0.2) is 28.7 Å². The second kappa shape index (κ2) is 5.07. The first-order valence-electron chi connectivity index (χ1n) is 4.90. The lowest BCUT2D eigenvalue weighted by molar-refractivity contribution is -0.0632. The van der Waals surface area contributed by atoms with E-state index in [1.807, 2.05) is 24.3 Å². The van der Waals surface area contributed by atoms with Gasteiger partial charge >= 0.3 is 0 Å². The van der Waals surface area contributed by atoms with Crippen LogP contribution in [0, 0.1) is 0 Å². The summed E-state index contributed by atoms with van der Waals surface area (Å²) in [5.41, 5.74) is 1.16. The summed E-state index contributed by atoms with van der Waals surface area (Å²) in [6, 6.07) is 8.04. The van der Waals surface area contributed by atoms with Crippen LogP contribution >= 0.6 is 15.9 Å². The van der Waals surface area contributed by atoms with Crippen LogP contribution in [0.4, 0.5) is 0 Å². The van der Waals surface area contributed by atoms with Gasteiger partial charge in [-0.3, -0.25) is 0 Å². The molecule has 0 radical (unpaired) electrons. The maximum atomic E-state index is 8.88. The smallest absolute Gasteiger partial charge is 0.162 e. The van der Waals surface area contributed by atoms with E-state index in [0.717, 1.165) is 16.5 Å². The topological polar surface area (TPSA) is 38.7 Å². The van der Waals surface area contributed by atoms with Crippen molar-refractivity contribution in [2.45, 2.75) is 18.8 Å². The number of ether oxygens (including phenoxy) is 2. The van der Waals surface area contributed by atoms with E-state index in [1.54, 1.807) is 0 Å². The van der Waals surface area contributed by atoms with E-state index in [1.165, 1.54) is 0 Å². The molecular formula is C11H13BrO3. The number of aliphatic hydroxyl groups excluding tert-OH is 1. The van der Waals surface area contributed by atoms with Crippen LogP contribution in [0.25, 0.3) is 0 Å². The lowest BCUT2D eigenvalue weighted by atomic mass is 10.1. The molecule has 1 heterocycles. The van der Waals surface area contributed by atoms with Crippen molar-refractivity contribution in [2.24, 2.45) is 0 Å². The molecule has 0 amide bonds. The Labute approximate surface area is 97.1 Å². The molecule has 15 heavy (non-hydrogen) atoms. The van der Waals surface area contributed by atoms with E-state index < -0.39 is 0 Å². The number of halogens is 1. The molecule has 1 aliphatic rings. The molecule has 0 saturated carbocycles. The van der Waals surface area contributed by atoms with E-state index >= 15 is 0 Å². The van der Waals surface area contributed by atoms with E-state index in [-0.39, 0.29) is 19.0 Å². The Kier molecular flexibility index (Phi) is 3.75. The maximum absolute atomic E-state index is 8.88. The van der Waals surface area contributed by atoms with Gasteiger partial charge in [0.15, 0.2) is 6.29 Å². The van der Waals surface area contributed by atoms with E-state index in [2.05, 4.69) is 15.9 Å². The molecule has 1 N–H and O–H groups in total. The first-order valence-corrected chi connectivity index (χ1v) is 5.69. The summed E-state index contributed by atoms with van der Waals surface area (Å²) in [7, 11) is 0. The molecule has 1 aliphatic heterocycles. The van der Waals surface area contributed by atoms with Crippen molar-refractivity contribution in [2.75, 3.05) is 13.2 Å². The predicted molar refractivity (Wildman–Crippen MR) is 59.5 cm³/mol. The molecule has 0 aliphatic carbocycles. The molecule has 1 fully saturated rings. The summed E-state index contributed by atoms with van der Waals surface area (Å²) in [5.74, 6) is 0. The van der Waals surface area contributed by atoms with Crippen molar-refractivity contribution in [3.8, 4) is 0 Å². The molecule has 2 rings (SSSR count). The number of benzene rings is 1. The molecule has 1 saturated heterocycles. The van der Waals surface area contributed by atoms with Gasteiger partial charge in [0.2, 0.25) is 0 Å². The van der Waals surface area contributed by atoms with Crippen LogP contribution in [-0.4, -0.2) is 30.7 Å². The van der Waals surface area contributed by atoms with E-state index in [0.29, 0.717) is 6.61 Å². The fourth-order valence-corrected chi connectivity index (χ4v) is 2.01. The average Bonchev–Trinajstić information content (AvgIpc) is 2.65. The molecule has 3 nitrogen and oxygen atoms in total. The van der Waals surface area contributed by atoms with Crippen molar-refractivity contribution in [3.63, 3.8) is 0 Å². The quantitative estimate of drug-likeness (QED) is 0.911. The number of rotatable bonds is 3. The Morgan fingerprint density at radius 2 is 2.33 bits per heavy atom. The lowest BCUT2D eigenvalue weighted by Gasteiger charge is -2.10. The van der Waals surface area contributed by atoms with Crippen molar-refractivity contribution in [1.29, 1.82) is 0 Å². The third-order valence-corrected chi connectivity index (χ3v) is 2.80. The SMILES string of the molecule is OCC1COC(Cc2cccc(Br)c2)O1. The Balaban J connectivity index is 1.92. The second-order valence-corrected chi connectivity index (χ2v) is 4.45. The molecule has 0 spiro atoms. The molecule has 0 bridgehead atoms. The first kappa shape index (κ1) is 11.1. The molecule has 2 atom stereocenters. The highest BCUT2D eigenvalue weighted by Gasteiger charge is 2.25. The average molecular weight is 273 g/mol. The maximum Gasteiger partial charge on any atom is 0.162 e. The van der Waals surface area contributed by atoms with Gasteiger partial charge in [0.05, 0.1) is 13.2 Å². The van der Waals surface area contributed by atoms with Gasteiger partial charge in [-0.2, -0.15) is 0 Å². The molecule has 2 unspecified atom stereocenters. The highest BCUT2D eigenvalue weighted by molar-refractivity contribution is 9.10. The number of hydrogen-bond acceptors (Lipinski definition) is 3. The van der Waals surface area contributed by atoms with Gasteiger partial charge in [-0.15, -0.1) is 0 Å². The van der Waals surface area contributed by atoms with Gasteiger partial charge in [0, 0.05) is 10.9 Å². The molecule has 4 heteroatoms. The third kappa shape index (κ3) is 3.01. The molecule has 1 aromatic carbocycles. The summed E-state index contributed by atoms with van der Waals surface area (Å²) in [6.07, 6.45) is 0.328. The molecule has 0 aromatic heterocycles. The van der Waals surface area contributed by atoms with Gasteiger partial charge in [0.1, 0.15) is 6.10 Å². The summed E-state index contributed by atoms with van der Waals surface area (Å²) < 4.78 is 11.9. The van der Waals surface area contributed by atoms with Crippen LogP contribution in [-0.2, 0) is 15.9 Å². The van der Waals surface area contributed by atoms with Gasteiger partial charge in [-0.25, -0.2) is 0 Å². The van der Waals surface area contributed by atoms with Crippen molar-refractivity contribution in [1.82, 2.24) is 0 Å². The minimum atomic E-state index is -0.226. The summed E-state index contributed by atoms with van der Waals surface area (Å²) >= 11 is 3.42. The van der Waals surface area contributed by atoms with Crippen LogP contribution in [0.2, 0.25) is 0 Å². The molecule has 1 aromatic rings. The zero-order valence-electron chi connectivity index (χ0n) is 8.23. The Morgan fingerprint density at radius 1 is 1.47 bits per heavy atom. The summed E-state index contributed by atoms with van der Waals surface area (Å²) in [6.45, 7) is 0.504. The second-order valence-electron chi connectivity index (χ2n) is 3.54. The standard InChI is InChI=1S/C11H13BrO3/c12-9-3-1-2-8(4-9)5-11-14-7-10(6-13)15-11/h1-4,10-11,13H,5-7H2. The van der Waals surface area contributed by atoms with Crippen LogP contribution in [0.3, 0.4) is 0 Å². The minimum Gasteiger partial charge on any atom is -0.394 e. The fourth-order valence-electron chi connectivity index (χ4n) is 1.57. The van der Waals surface area contributed by atoms with Gasteiger partial charge < -0.3 is 14.6 Å². The Hall–Kier alpha value is -0.420. The molecule has 82 valence electrons. The third-order valence-electron chi connectivity index (χ3n) is 2.31. The summed E-state index contributed by atoms with van der Waals surface area (Å²) in [5, 5.41) is 8.88. The fraction of sp³-hybridized carbons (Fsp3) is 0.455. The van der Waals surface area contributed by atoms with Gasteiger partial charge in [-0.1, -0.05) is 28.1 Å². The Bertz CT molecular complexity index is 329. The molecular weight excluding hydrogens is 260 g/mol. The van der Waals surface area contributed by atoms with E-state index in [4.69, 9.17) is 14.6 Å². The highest BCUT2D eigenvalue weighted by Crippen LogP contribution is 2.18. The van der Waals surface area contributed by atoms with Crippen LogP contribution in [0.1, 0.15) is 5.56 Å². The first-order chi connectivity index (χ1) is 7.28. The van der Waals surface area contributed by atoms with Crippen LogP contribution in [0.5, 0.6) is 0 Å². The highest BCUT2D eigenvalue weighted by atomic mass is 79.9. The Morgan fingerprint density at radius 3 is 3.00 bits per heavy atom. The zero-order valence-corrected chi connectivity index (χ0v) is 9.81. The zero-order chi connectivity index (χ0) is 10.7. The van der Waals surface area contributed by atoms with Crippen LogP contribution < -0.4 is 0 Å². The largest absolute Gasteiger partial charge is 0.394 e. The normalized spacial score (nSPS) is 25.7.